The Hall–Kier alpha value is -2.66. The van der Waals surface area contributed by atoms with E-state index >= 15 is 0 Å². The number of hydrogen-bond donors (Lipinski definition) is 5. The van der Waals surface area contributed by atoms with Gasteiger partial charge in [-0.25, -0.2) is 0 Å². The Morgan fingerprint density at radius 3 is 2.16 bits per heavy atom. The second kappa shape index (κ2) is 11.0. The topological polar surface area (TPSA) is 191 Å². The molecule has 0 bridgehead atoms. The first-order chi connectivity index (χ1) is 11.5. The van der Waals surface area contributed by atoms with Gasteiger partial charge in [0, 0.05) is 13.0 Å². The van der Waals surface area contributed by atoms with Crippen LogP contribution in [0.5, 0.6) is 0 Å². The van der Waals surface area contributed by atoms with Crippen molar-refractivity contribution in [2.75, 3.05) is 13.1 Å². The van der Waals surface area contributed by atoms with Crippen molar-refractivity contribution in [2.45, 2.75) is 24.7 Å². The summed E-state index contributed by atoms with van der Waals surface area (Å²) in [6, 6.07) is 5.99. The third-order valence-electron chi connectivity index (χ3n) is 2.63. The second-order valence-electron chi connectivity index (χ2n) is 4.94. The minimum absolute atomic E-state index is 0.00236. The van der Waals surface area contributed by atoms with Gasteiger partial charge in [0.25, 0.3) is 10.1 Å². The summed E-state index contributed by atoms with van der Waals surface area (Å²) in [4.78, 5) is 24.9. The molecule has 0 aliphatic heterocycles. The number of nitrogens with zero attached hydrogens (tertiary/aromatic N) is 1. The smallest absolute Gasteiger partial charge is 0.294 e. The van der Waals surface area contributed by atoms with E-state index in [4.69, 9.17) is 21.8 Å². The molecule has 0 saturated carbocycles. The average Bonchev–Trinajstić information content (AvgIpc) is 2.49. The van der Waals surface area contributed by atoms with Crippen molar-refractivity contribution in [3.63, 3.8) is 0 Å². The van der Waals surface area contributed by atoms with E-state index < -0.39 is 16.0 Å². The number of nitrogens with one attached hydrogen (secondary N) is 1. The van der Waals surface area contributed by atoms with Gasteiger partial charge in [-0.1, -0.05) is 17.7 Å². The lowest BCUT2D eigenvalue weighted by atomic mass is 10.2. The maximum absolute atomic E-state index is 11.0. The van der Waals surface area contributed by atoms with E-state index in [1.807, 2.05) is 6.92 Å². The second-order valence-corrected chi connectivity index (χ2v) is 6.36. The monoisotopic (exact) mass is 373 g/mol. The molecule has 0 saturated heterocycles. The molecular weight excluding hydrogens is 350 g/mol. The molecule has 0 spiro atoms. The first kappa shape index (κ1) is 22.3. The SMILES string of the molecule is Cc1ccc(S(=O)(=O)O)cc1.NC(=O)CNC(=O)CCCN=C(N)N. The zero-order valence-corrected chi connectivity index (χ0v) is 14.6. The van der Waals surface area contributed by atoms with Crippen molar-refractivity contribution in [3.05, 3.63) is 29.8 Å². The lowest BCUT2D eigenvalue weighted by Crippen LogP contribution is -2.33. The molecule has 0 heterocycles. The number of carbonyl (C=O) groups excluding carboxylic acids is 2. The van der Waals surface area contributed by atoms with Crippen molar-refractivity contribution in [1.82, 2.24) is 5.32 Å². The maximum Gasteiger partial charge on any atom is 0.294 e. The molecule has 0 radical (unpaired) electrons. The molecule has 2 amide bonds. The zero-order chi connectivity index (χ0) is 19.5. The molecule has 0 unspecified atom stereocenters. The lowest BCUT2D eigenvalue weighted by molar-refractivity contribution is -0.124. The first-order valence-corrected chi connectivity index (χ1v) is 8.61. The molecule has 8 N–H and O–H groups in total. The Morgan fingerprint density at radius 1 is 1.16 bits per heavy atom. The Labute approximate surface area is 146 Å². The van der Waals surface area contributed by atoms with Crippen LogP contribution in [-0.4, -0.2) is 43.8 Å². The summed E-state index contributed by atoms with van der Waals surface area (Å²) < 4.78 is 29.6. The predicted octanol–water partition coefficient (Wildman–Crippen LogP) is -1.12. The molecule has 0 aliphatic carbocycles. The van der Waals surface area contributed by atoms with Crippen molar-refractivity contribution in [2.24, 2.45) is 22.2 Å². The van der Waals surface area contributed by atoms with Crippen LogP contribution < -0.4 is 22.5 Å². The van der Waals surface area contributed by atoms with Crippen LogP contribution in [0.3, 0.4) is 0 Å². The molecule has 0 aromatic heterocycles. The maximum atomic E-state index is 11.0. The quantitative estimate of drug-likeness (QED) is 0.173. The van der Waals surface area contributed by atoms with E-state index in [0.29, 0.717) is 13.0 Å². The summed E-state index contributed by atoms with van der Waals surface area (Å²) >= 11 is 0. The molecule has 0 atom stereocenters. The van der Waals surface area contributed by atoms with Gasteiger partial charge in [0.15, 0.2) is 5.96 Å². The van der Waals surface area contributed by atoms with Gasteiger partial charge >= 0.3 is 0 Å². The largest absolute Gasteiger partial charge is 0.370 e. The zero-order valence-electron chi connectivity index (χ0n) is 13.8. The van der Waals surface area contributed by atoms with E-state index in [0.717, 1.165) is 5.56 Å². The summed E-state index contributed by atoms with van der Waals surface area (Å²) in [5, 5.41) is 2.35. The fourth-order valence-electron chi connectivity index (χ4n) is 1.43. The number of aryl methyl sites for hydroxylation is 1. The average molecular weight is 373 g/mol. The third-order valence-corrected chi connectivity index (χ3v) is 3.50. The number of amides is 2. The van der Waals surface area contributed by atoms with Crippen molar-refractivity contribution in [3.8, 4) is 0 Å². The lowest BCUT2D eigenvalue weighted by Gasteiger charge is -2.00. The van der Waals surface area contributed by atoms with Gasteiger partial charge in [0.05, 0.1) is 11.4 Å². The Kier molecular flexibility index (Phi) is 9.82. The van der Waals surface area contributed by atoms with E-state index in [1.54, 1.807) is 12.1 Å². The summed E-state index contributed by atoms with van der Waals surface area (Å²) in [6.45, 7) is 2.10. The molecule has 140 valence electrons. The number of aliphatic imine (C=N–C) groups is 1. The number of nitrogens with two attached hydrogens (primary N) is 3. The molecule has 25 heavy (non-hydrogen) atoms. The fraction of sp³-hybridized carbons (Fsp3) is 0.357. The van der Waals surface area contributed by atoms with Gasteiger partial charge in [-0.2, -0.15) is 8.42 Å². The number of carbonyl (C=O) groups is 2. The molecule has 10 nitrogen and oxygen atoms in total. The van der Waals surface area contributed by atoms with E-state index in [2.05, 4.69) is 10.3 Å². The Bertz CT molecular complexity index is 697. The highest BCUT2D eigenvalue weighted by Gasteiger charge is 2.06. The van der Waals surface area contributed by atoms with E-state index in [1.165, 1.54) is 12.1 Å². The molecular formula is C14H23N5O5S. The van der Waals surface area contributed by atoms with E-state index in [-0.39, 0.29) is 29.7 Å². The van der Waals surface area contributed by atoms with Crippen molar-refractivity contribution in [1.29, 1.82) is 0 Å². The summed E-state index contributed by atoms with van der Waals surface area (Å²) in [7, 11) is -4.02. The third kappa shape index (κ3) is 12.4. The van der Waals surface area contributed by atoms with Crippen LogP contribution in [0.1, 0.15) is 18.4 Å². The van der Waals surface area contributed by atoms with Gasteiger partial charge in [-0.3, -0.25) is 19.1 Å². The van der Waals surface area contributed by atoms with Gasteiger partial charge in [-0.15, -0.1) is 0 Å². The molecule has 1 aromatic rings. The molecule has 1 aromatic carbocycles. The highest BCUT2D eigenvalue weighted by atomic mass is 32.2. The Morgan fingerprint density at radius 2 is 1.72 bits per heavy atom. The van der Waals surface area contributed by atoms with Gasteiger partial charge in [0.2, 0.25) is 11.8 Å². The standard InChI is InChI=1S/C7H15N5O2.C7H8O3S/c8-5(13)4-12-6(14)2-1-3-11-7(9)10;1-6-2-4-7(5-3-6)11(8,9)10/h1-4H2,(H2,8,13)(H,12,14)(H4,9,10,11);2-5H,1H3,(H,8,9,10). The van der Waals surface area contributed by atoms with Crippen LogP contribution in [0.2, 0.25) is 0 Å². The highest BCUT2D eigenvalue weighted by Crippen LogP contribution is 2.08. The van der Waals surface area contributed by atoms with Crippen molar-refractivity contribution >= 4 is 27.9 Å². The van der Waals surface area contributed by atoms with Gasteiger partial charge in [-0.05, 0) is 25.5 Å². The molecule has 0 aliphatic rings. The fourth-order valence-corrected chi connectivity index (χ4v) is 1.91. The molecule has 11 heteroatoms. The normalized spacial score (nSPS) is 10.2. The van der Waals surface area contributed by atoms with Crippen molar-refractivity contribution < 1.29 is 22.6 Å². The van der Waals surface area contributed by atoms with E-state index in [9.17, 15) is 18.0 Å². The van der Waals surface area contributed by atoms with Crippen LogP contribution in [0.15, 0.2) is 34.2 Å². The van der Waals surface area contributed by atoms with Crippen LogP contribution in [0.25, 0.3) is 0 Å². The van der Waals surface area contributed by atoms with Crippen LogP contribution in [-0.2, 0) is 19.7 Å². The number of primary amides is 1. The summed E-state index contributed by atoms with van der Waals surface area (Å²) in [5.74, 6) is -0.806. The van der Waals surface area contributed by atoms with Gasteiger partial charge < -0.3 is 22.5 Å². The number of guanidine groups is 1. The van der Waals surface area contributed by atoms with Crippen LogP contribution in [0, 0.1) is 6.92 Å². The molecule has 1 rings (SSSR count). The predicted molar refractivity (Wildman–Crippen MR) is 93.1 cm³/mol. The summed E-state index contributed by atoms with van der Waals surface area (Å²) in [5.41, 5.74) is 15.9. The minimum atomic E-state index is -4.02. The van der Waals surface area contributed by atoms with Crippen LogP contribution >= 0.6 is 0 Å². The minimum Gasteiger partial charge on any atom is -0.370 e. The number of rotatable bonds is 7. The number of hydrogen-bond acceptors (Lipinski definition) is 5. The molecule has 0 fully saturated rings. The Balaban J connectivity index is 0.000000472. The number of benzene rings is 1. The van der Waals surface area contributed by atoms with Crippen LogP contribution in [0.4, 0.5) is 0 Å². The highest BCUT2D eigenvalue weighted by molar-refractivity contribution is 7.85. The van der Waals surface area contributed by atoms with Gasteiger partial charge in [0.1, 0.15) is 0 Å². The summed E-state index contributed by atoms with van der Waals surface area (Å²) in [6.07, 6.45) is 0.798. The first-order valence-electron chi connectivity index (χ1n) is 7.17.